The molecule has 0 spiro atoms. The van der Waals surface area contributed by atoms with Crippen molar-refractivity contribution < 1.29 is 0 Å². The predicted molar refractivity (Wildman–Crippen MR) is 83.7 cm³/mol. The first-order valence-corrected chi connectivity index (χ1v) is 7.94. The fourth-order valence-corrected chi connectivity index (χ4v) is 4.09. The van der Waals surface area contributed by atoms with Crippen LogP contribution in [0.2, 0.25) is 0 Å². The van der Waals surface area contributed by atoms with Crippen molar-refractivity contribution in [3.8, 4) is 0 Å². The molecule has 0 aromatic carbocycles. The fourth-order valence-electron chi connectivity index (χ4n) is 4.09. The van der Waals surface area contributed by atoms with Crippen molar-refractivity contribution in [2.24, 2.45) is 11.1 Å². The van der Waals surface area contributed by atoms with Gasteiger partial charge in [-0.3, -0.25) is 0 Å². The van der Waals surface area contributed by atoms with Gasteiger partial charge in [-0.1, -0.05) is 13.8 Å². The van der Waals surface area contributed by atoms with E-state index in [2.05, 4.69) is 49.7 Å². The van der Waals surface area contributed by atoms with Crippen molar-refractivity contribution in [3.63, 3.8) is 0 Å². The van der Waals surface area contributed by atoms with Gasteiger partial charge in [0, 0.05) is 30.0 Å². The number of hydrogen-bond acceptors (Lipinski definition) is 2. The van der Waals surface area contributed by atoms with Crippen LogP contribution in [0.3, 0.4) is 0 Å². The Labute approximate surface area is 123 Å². The molecule has 0 saturated heterocycles. The molecule has 1 heterocycles. The van der Waals surface area contributed by atoms with Crippen molar-refractivity contribution >= 4 is 0 Å². The average molecular weight is 275 g/mol. The summed E-state index contributed by atoms with van der Waals surface area (Å²) in [5.41, 5.74) is 9.96. The Morgan fingerprint density at radius 3 is 2.60 bits per heavy atom. The van der Waals surface area contributed by atoms with E-state index >= 15 is 0 Å². The predicted octanol–water partition coefficient (Wildman–Crippen LogP) is 2.94. The van der Waals surface area contributed by atoms with Crippen molar-refractivity contribution in [1.82, 2.24) is 9.47 Å². The SMILES string of the molecule is CN(C)C1(Cn2ccc3c2CC(C)(C)CC3N)CCC1. The van der Waals surface area contributed by atoms with Gasteiger partial charge >= 0.3 is 0 Å². The maximum Gasteiger partial charge on any atom is 0.0407 e. The van der Waals surface area contributed by atoms with Gasteiger partial charge in [0.15, 0.2) is 0 Å². The molecule has 3 rings (SSSR count). The van der Waals surface area contributed by atoms with E-state index in [4.69, 9.17) is 5.73 Å². The van der Waals surface area contributed by atoms with E-state index in [0.29, 0.717) is 11.0 Å². The molecule has 1 saturated carbocycles. The zero-order valence-corrected chi connectivity index (χ0v) is 13.4. The highest BCUT2D eigenvalue weighted by molar-refractivity contribution is 5.30. The third-order valence-corrected chi connectivity index (χ3v) is 5.63. The first kappa shape index (κ1) is 14.2. The van der Waals surface area contributed by atoms with Gasteiger partial charge in [-0.2, -0.15) is 0 Å². The Balaban J connectivity index is 1.89. The molecule has 3 nitrogen and oxygen atoms in total. The van der Waals surface area contributed by atoms with Crippen LogP contribution in [0.5, 0.6) is 0 Å². The van der Waals surface area contributed by atoms with Crippen LogP contribution in [0.25, 0.3) is 0 Å². The zero-order valence-electron chi connectivity index (χ0n) is 13.4. The molecule has 112 valence electrons. The van der Waals surface area contributed by atoms with Crippen LogP contribution in [0.1, 0.15) is 56.8 Å². The van der Waals surface area contributed by atoms with Crippen LogP contribution >= 0.6 is 0 Å². The van der Waals surface area contributed by atoms with E-state index in [1.54, 1.807) is 0 Å². The van der Waals surface area contributed by atoms with E-state index < -0.39 is 0 Å². The highest BCUT2D eigenvalue weighted by atomic mass is 15.2. The molecule has 20 heavy (non-hydrogen) atoms. The lowest BCUT2D eigenvalue weighted by Gasteiger charge is -2.48. The smallest absolute Gasteiger partial charge is 0.0407 e. The zero-order chi connectivity index (χ0) is 14.5. The number of nitrogens with two attached hydrogens (primary N) is 1. The molecule has 0 radical (unpaired) electrons. The van der Waals surface area contributed by atoms with E-state index in [9.17, 15) is 0 Å². The van der Waals surface area contributed by atoms with Crippen molar-refractivity contribution in [2.45, 2.75) is 64.1 Å². The monoisotopic (exact) mass is 275 g/mol. The Hall–Kier alpha value is -0.800. The topological polar surface area (TPSA) is 34.2 Å². The fraction of sp³-hybridized carbons (Fsp3) is 0.765. The summed E-state index contributed by atoms with van der Waals surface area (Å²) in [4.78, 5) is 2.43. The minimum atomic E-state index is 0.215. The van der Waals surface area contributed by atoms with Gasteiger partial charge < -0.3 is 15.2 Å². The number of likely N-dealkylation sites (N-methyl/N-ethyl adjacent to an activating group) is 1. The molecule has 0 bridgehead atoms. The van der Waals surface area contributed by atoms with Gasteiger partial charge in [0.1, 0.15) is 0 Å². The number of rotatable bonds is 3. The van der Waals surface area contributed by atoms with Crippen LogP contribution in [-0.2, 0) is 13.0 Å². The number of hydrogen-bond donors (Lipinski definition) is 1. The van der Waals surface area contributed by atoms with Crippen molar-refractivity contribution in [3.05, 3.63) is 23.5 Å². The third kappa shape index (κ3) is 2.21. The Bertz CT molecular complexity index is 494. The lowest BCUT2D eigenvalue weighted by molar-refractivity contribution is 0.0411. The molecule has 1 fully saturated rings. The minimum absolute atomic E-state index is 0.215. The van der Waals surface area contributed by atoms with Gasteiger partial charge in [-0.05, 0) is 63.2 Å². The second-order valence-corrected chi connectivity index (χ2v) is 7.97. The summed E-state index contributed by atoms with van der Waals surface area (Å²) in [6.07, 6.45) is 8.54. The number of aromatic nitrogens is 1. The lowest BCUT2D eigenvalue weighted by Crippen LogP contribution is -2.53. The third-order valence-electron chi connectivity index (χ3n) is 5.63. The first-order valence-electron chi connectivity index (χ1n) is 7.94. The minimum Gasteiger partial charge on any atom is -0.349 e. The van der Waals surface area contributed by atoms with Crippen LogP contribution in [-0.4, -0.2) is 29.1 Å². The Morgan fingerprint density at radius 2 is 2.05 bits per heavy atom. The number of fused-ring (bicyclic) bond motifs is 1. The molecular formula is C17H29N3. The summed E-state index contributed by atoms with van der Waals surface area (Å²) in [6, 6.07) is 2.48. The average Bonchev–Trinajstić information content (AvgIpc) is 2.64. The molecule has 1 aromatic rings. The second kappa shape index (κ2) is 4.60. The van der Waals surface area contributed by atoms with E-state index in [-0.39, 0.29) is 6.04 Å². The standard InChI is InChI=1S/C17H29N3/c1-16(2)10-14(18)13-6-9-20(15(13)11-16)12-17(19(3)4)7-5-8-17/h6,9,14H,5,7-8,10-12,18H2,1-4H3. The maximum absolute atomic E-state index is 6.38. The summed E-state index contributed by atoms with van der Waals surface area (Å²) in [5.74, 6) is 0. The molecule has 0 amide bonds. The maximum atomic E-state index is 6.38. The Morgan fingerprint density at radius 1 is 1.35 bits per heavy atom. The highest BCUT2D eigenvalue weighted by Crippen LogP contribution is 2.42. The van der Waals surface area contributed by atoms with Gasteiger partial charge in [-0.15, -0.1) is 0 Å². The molecule has 2 aliphatic rings. The highest BCUT2D eigenvalue weighted by Gasteiger charge is 2.41. The van der Waals surface area contributed by atoms with Gasteiger partial charge in [0.05, 0.1) is 0 Å². The summed E-state index contributed by atoms with van der Waals surface area (Å²) in [6.45, 7) is 5.81. The first-order chi connectivity index (χ1) is 9.33. The van der Waals surface area contributed by atoms with Crippen LogP contribution < -0.4 is 5.73 Å². The molecule has 0 aliphatic heterocycles. The number of nitrogens with zero attached hydrogens (tertiary/aromatic N) is 2. The van der Waals surface area contributed by atoms with E-state index in [1.165, 1.54) is 30.5 Å². The second-order valence-electron chi connectivity index (χ2n) is 7.97. The van der Waals surface area contributed by atoms with Crippen LogP contribution in [0, 0.1) is 5.41 Å². The lowest BCUT2D eigenvalue weighted by atomic mass is 9.73. The molecular weight excluding hydrogens is 246 g/mol. The van der Waals surface area contributed by atoms with Gasteiger partial charge in [0.25, 0.3) is 0 Å². The Kier molecular flexibility index (Phi) is 3.26. The molecule has 1 unspecified atom stereocenters. The summed E-state index contributed by atoms with van der Waals surface area (Å²) < 4.78 is 2.50. The van der Waals surface area contributed by atoms with E-state index in [1.807, 2.05) is 0 Å². The summed E-state index contributed by atoms with van der Waals surface area (Å²) in [7, 11) is 4.45. The molecule has 2 aliphatic carbocycles. The van der Waals surface area contributed by atoms with Gasteiger partial charge in [-0.25, -0.2) is 0 Å². The van der Waals surface area contributed by atoms with Crippen molar-refractivity contribution in [1.29, 1.82) is 0 Å². The van der Waals surface area contributed by atoms with E-state index in [0.717, 1.165) is 19.4 Å². The van der Waals surface area contributed by atoms with Crippen LogP contribution in [0.15, 0.2) is 12.3 Å². The van der Waals surface area contributed by atoms with Crippen molar-refractivity contribution in [2.75, 3.05) is 14.1 Å². The van der Waals surface area contributed by atoms with Gasteiger partial charge in [0.2, 0.25) is 0 Å². The molecule has 3 heteroatoms. The normalized spacial score (nSPS) is 27.2. The summed E-state index contributed by atoms with van der Waals surface area (Å²) >= 11 is 0. The summed E-state index contributed by atoms with van der Waals surface area (Å²) in [5, 5.41) is 0. The molecule has 2 N–H and O–H groups in total. The largest absolute Gasteiger partial charge is 0.349 e. The molecule has 1 atom stereocenters. The van der Waals surface area contributed by atoms with Crippen LogP contribution in [0.4, 0.5) is 0 Å². The molecule has 1 aromatic heterocycles. The quantitative estimate of drug-likeness (QED) is 0.920.